The molecule has 0 aliphatic carbocycles. The molecule has 0 radical (unpaired) electrons. The van der Waals surface area contributed by atoms with Gasteiger partial charge in [0.25, 0.3) is 5.91 Å². The fourth-order valence-electron chi connectivity index (χ4n) is 1.45. The second-order valence-electron chi connectivity index (χ2n) is 3.39. The molecular weight excluding hydrogens is 220 g/mol. The lowest BCUT2D eigenvalue weighted by Crippen LogP contribution is -2.23. The van der Waals surface area contributed by atoms with E-state index in [2.05, 4.69) is 4.99 Å². The van der Waals surface area contributed by atoms with Gasteiger partial charge in [0.15, 0.2) is 5.17 Å². The van der Waals surface area contributed by atoms with E-state index < -0.39 is 0 Å². The molecule has 2 rings (SSSR count). The molecule has 0 aromatic heterocycles. The van der Waals surface area contributed by atoms with Gasteiger partial charge in [-0.1, -0.05) is 30.3 Å². The monoisotopic (exact) mass is 232 g/mol. The fraction of sp³-hybridized carbons (Fsp3) is 0.167. The molecule has 1 aromatic carbocycles. The Morgan fingerprint density at radius 1 is 1.31 bits per heavy atom. The molecule has 0 saturated carbocycles. The second kappa shape index (κ2) is 4.53. The van der Waals surface area contributed by atoms with Gasteiger partial charge in [-0.3, -0.25) is 14.7 Å². The SMILES string of the molecule is CN=C1SC(=Cc2ccccc2)C(=O)N1C. The van der Waals surface area contributed by atoms with Gasteiger partial charge >= 0.3 is 0 Å². The van der Waals surface area contributed by atoms with Crippen molar-refractivity contribution in [2.45, 2.75) is 0 Å². The van der Waals surface area contributed by atoms with Crippen LogP contribution in [0.5, 0.6) is 0 Å². The molecule has 1 aliphatic rings. The molecule has 1 heterocycles. The summed E-state index contributed by atoms with van der Waals surface area (Å²) in [5.74, 6) is 0.00875. The first-order chi connectivity index (χ1) is 7.72. The first-order valence-corrected chi connectivity index (χ1v) is 5.73. The van der Waals surface area contributed by atoms with E-state index >= 15 is 0 Å². The number of likely N-dealkylation sites (N-methyl/N-ethyl adjacent to an activating group) is 1. The molecule has 0 unspecified atom stereocenters. The Kier molecular flexibility index (Phi) is 3.10. The molecule has 1 aliphatic heterocycles. The lowest BCUT2D eigenvalue weighted by Gasteiger charge is -2.04. The van der Waals surface area contributed by atoms with Crippen LogP contribution < -0.4 is 0 Å². The molecule has 0 bridgehead atoms. The Labute approximate surface area is 98.9 Å². The van der Waals surface area contributed by atoms with Crippen LogP contribution in [0.25, 0.3) is 6.08 Å². The van der Waals surface area contributed by atoms with Crippen LogP contribution in [-0.4, -0.2) is 30.1 Å². The molecule has 0 atom stereocenters. The normalized spacial score (nSPS) is 21.1. The molecular formula is C12H12N2OS. The largest absolute Gasteiger partial charge is 0.290 e. The Morgan fingerprint density at radius 2 is 2.00 bits per heavy atom. The number of nitrogens with zero attached hydrogens (tertiary/aromatic N) is 2. The van der Waals surface area contributed by atoms with Crippen molar-refractivity contribution in [3.05, 3.63) is 40.8 Å². The zero-order valence-electron chi connectivity index (χ0n) is 9.18. The number of thioether (sulfide) groups is 1. The molecule has 4 heteroatoms. The van der Waals surface area contributed by atoms with Gasteiger partial charge in [-0.2, -0.15) is 0 Å². The lowest BCUT2D eigenvalue weighted by molar-refractivity contribution is -0.121. The van der Waals surface area contributed by atoms with Gasteiger partial charge in [-0.25, -0.2) is 0 Å². The van der Waals surface area contributed by atoms with Gasteiger partial charge in [-0.15, -0.1) is 0 Å². The molecule has 82 valence electrons. The summed E-state index contributed by atoms with van der Waals surface area (Å²) in [5.41, 5.74) is 1.03. The number of hydrogen-bond donors (Lipinski definition) is 0. The molecule has 1 fully saturated rings. The molecule has 1 amide bonds. The lowest BCUT2D eigenvalue weighted by atomic mass is 10.2. The smallest absolute Gasteiger partial charge is 0.266 e. The summed E-state index contributed by atoms with van der Waals surface area (Å²) in [6, 6.07) is 9.81. The van der Waals surface area contributed by atoms with E-state index in [1.165, 1.54) is 11.8 Å². The van der Waals surface area contributed by atoms with E-state index in [1.807, 2.05) is 36.4 Å². The Bertz CT molecular complexity index is 465. The van der Waals surface area contributed by atoms with E-state index in [9.17, 15) is 4.79 Å². The standard InChI is InChI=1S/C12H12N2OS/c1-13-12-14(2)11(15)10(16-12)8-9-6-4-3-5-7-9/h3-8H,1-2H3. The highest BCUT2D eigenvalue weighted by Crippen LogP contribution is 2.30. The Morgan fingerprint density at radius 3 is 2.56 bits per heavy atom. The number of amides is 1. The van der Waals surface area contributed by atoms with Gasteiger partial charge in [0.2, 0.25) is 0 Å². The Balaban J connectivity index is 2.31. The van der Waals surface area contributed by atoms with Crippen molar-refractivity contribution in [2.75, 3.05) is 14.1 Å². The molecule has 0 spiro atoms. The summed E-state index contributed by atoms with van der Waals surface area (Å²) in [7, 11) is 3.43. The van der Waals surface area contributed by atoms with E-state index in [0.29, 0.717) is 4.91 Å². The summed E-state index contributed by atoms with van der Waals surface area (Å²) >= 11 is 1.41. The number of hydrogen-bond acceptors (Lipinski definition) is 3. The van der Waals surface area contributed by atoms with Crippen LogP contribution in [-0.2, 0) is 4.79 Å². The van der Waals surface area contributed by atoms with Gasteiger partial charge in [0.1, 0.15) is 0 Å². The van der Waals surface area contributed by atoms with Crippen molar-refractivity contribution in [3.8, 4) is 0 Å². The topological polar surface area (TPSA) is 32.7 Å². The summed E-state index contributed by atoms with van der Waals surface area (Å²) in [4.78, 5) is 18.2. The number of carbonyl (C=O) groups is 1. The van der Waals surface area contributed by atoms with Crippen LogP contribution in [0.15, 0.2) is 40.2 Å². The predicted octanol–water partition coefficient (Wildman–Crippen LogP) is 2.22. The maximum atomic E-state index is 11.8. The minimum atomic E-state index is 0.00875. The van der Waals surface area contributed by atoms with E-state index in [4.69, 9.17) is 0 Å². The van der Waals surface area contributed by atoms with Crippen LogP contribution in [0, 0.1) is 0 Å². The fourth-order valence-corrected chi connectivity index (χ4v) is 2.38. The molecule has 1 aromatic rings. The van der Waals surface area contributed by atoms with Crippen molar-refractivity contribution < 1.29 is 4.79 Å². The number of carbonyl (C=O) groups excluding carboxylic acids is 1. The van der Waals surface area contributed by atoms with Crippen molar-refractivity contribution >= 4 is 28.9 Å². The summed E-state index contributed by atoms with van der Waals surface area (Å²) in [6.45, 7) is 0. The van der Waals surface area contributed by atoms with E-state index in [1.54, 1.807) is 19.0 Å². The molecule has 3 nitrogen and oxygen atoms in total. The van der Waals surface area contributed by atoms with Crippen molar-refractivity contribution in [3.63, 3.8) is 0 Å². The third-order valence-corrected chi connectivity index (χ3v) is 3.44. The highest BCUT2D eigenvalue weighted by molar-refractivity contribution is 8.18. The van der Waals surface area contributed by atoms with Gasteiger partial charge in [0, 0.05) is 14.1 Å². The average molecular weight is 232 g/mol. The van der Waals surface area contributed by atoms with Gasteiger partial charge in [0.05, 0.1) is 4.91 Å². The minimum Gasteiger partial charge on any atom is -0.290 e. The molecule has 16 heavy (non-hydrogen) atoms. The zero-order chi connectivity index (χ0) is 11.5. The quantitative estimate of drug-likeness (QED) is 0.695. The minimum absolute atomic E-state index is 0.00875. The average Bonchev–Trinajstić information content (AvgIpc) is 2.58. The number of benzene rings is 1. The highest BCUT2D eigenvalue weighted by atomic mass is 32.2. The molecule has 0 N–H and O–H groups in total. The number of aliphatic imine (C=N–C) groups is 1. The van der Waals surface area contributed by atoms with Crippen LogP contribution in [0.1, 0.15) is 5.56 Å². The summed E-state index contributed by atoms with van der Waals surface area (Å²) < 4.78 is 0. The maximum absolute atomic E-state index is 11.8. The van der Waals surface area contributed by atoms with Gasteiger partial charge in [-0.05, 0) is 23.4 Å². The predicted molar refractivity (Wildman–Crippen MR) is 68.1 cm³/mol. The third-order valence-electron chi connectivity index (χ3n) is 2.29. The summed E-state index contributed by atoms with van der Waals surface area (Å²) in [6.07, 6.45) is 1.89. The second-order valence-corrected chi connectivity index (χ2v) is 4.40. The van der Waals surface area contributed by atoms with Crippen molar-refractivity contribution in [1.29, 1.82) is 0 Å². The van der Waals surface area contributed by atoms with Crippen LogP contribution in [0.3, 0.4) is 0 Å². The van der Waals surface area contributed by atoms with E-state index in [0.717, 1.165) is 10.7 Å². The Hall–Kier alpha value is -1.55. The van der Waals surface area contributed by atoms with E-state index in [-0.39, 0.29) is 5.91 Å². The van der Waals surface area contributed by atoms with Crippen molar-refractivity contribution in [1.82, 2.24) is 4.90 Å². The summed E-state index contributed by atoms with van der Waals surface area (Å²) in [5, 5.41) is 0.743. The first-order valence-electron chi connectivity index (χ1n) is 4.92. The highest BCUT2D eigenvalue weighted by Gasteiger charge is 2.29. The van der Waals surface area contributed by atoms with Crippen LogP contribution in [0.4, 0.5) is 0 Å². The molecule has 1 saturated heterocycles. The van der Waals surface area contributed by atoms with Crippen LogP contribution in [0.2, 0.25) is 0 Å². The van der Waals surface area contributed by atoms with Crippen LogP contribution >= 0.6 is 11.8 Å². The number of rotatable bonds is 1. The van der Waals surface area contributed by atoms with Crippen molar-refractivity contribution in [2.24, 2.45) is 4.99 Å². The third kappa shape index (κ3) is 2.02. The first kappa shape index (κ1) is 11.0. The maximum Gasteiger partial charge on any atom is 0.266 e. The van der Waals surface area contributed by atoms with Gasteiger partial charge < -0.3 is 0 Å². The number of amidine groups is 1. The zero-order valence-corrected chi connectivity index (χ0v) is 9.99.